The van der Waals surface area contributed by atoms with Gasteiger partial charge in [0, 0.05) is 13.0 Å². The second-order valence-corrected chi connectivity index (χ2v) is 4.49. The molecule has 0 aromatic heterocycles. The summed E-state index contributed by atoms with van der Waals surface area (Å²) in [6.07, 6.45) is 4.72. The molecular formula is C11H20N2O. The molecule has 0 amide bonds. The van der Waals surface area contributed by atoms with Crippen molar-refractivity contribution in [1.82, 2.24) is 4.90 Å². The summed E-state index contributed by atoms with van der Waals surface area (Å²) in [7, 11) is 0. The Balaban J connectivity index is 2.15. The highest BCUT2D eigenvalue weighted by atomic mass is 16.3. The van der Waals surface area contributed by atoms with Crippen LogP contribution < -0.4 is 0 Å². The third-order valence-electron chi connectivity index (χ3n) is 2.77. The molecule has 1 N–H and O–H groups in total. The lowest BCUT2D eigenvalue weighted by atomic mass is 9.95. The van der Waals surface area contributed by atoms with Crippen molar-refractivity contribution in [2.45, 2.75) is 44.6 Å². The van der Waals surface area contributed by atoms with Gasteiger partial charge in [0.05, 0.1) is 11.7 Å². The molecule has 3 nitrogen and oxygen atoms in total. The summed E-state index contributed by atoms with van der Waals surface area (Å²) in [5.74, 6) is 0. The van der Waals surface area contributed by atoms with Crippen LogP contribution in [0.4, 0.5) is 0 Å². The van der Waals surface area contributed by atoms with Crippen molar-refractivity contribution >= 4 is 0 Å². The second-order valence-electron chi connectivity index (χ2n) is 4.49. The van der Waals surface area contributed by atoms with E-state index in [1.54, 1.807) is 0 Å². The molecule has 1 saturated heterocycles. The molecule has 0 radical (unpaired) electrons. The van der Waals surface area contributed by atoms with Crippen molar-refractivity contribution in [3.05, 3.63) is 0 Å². The number of nitrogens with zero attached hydrogens (tertiary/aromatic N) is 2. The van der Waals surface area contributed by atoms with Crippen molar-refractivity contribution in [3.63, 3.8) is 0 Å². The SMILES string of the molecule is CC1(O)CCCN(CCCCC#N)C1. The number of aliphatic hydroxyl groups is 1. The number of β-amino-alcohol motifs (C(OH)–C–C–N with tert-alkyl or cyclic N) is 1. The predicted octanol–water partition coefficient (Wildman–Crippen LogP) is 1.53. The molecule has 0 aromatic rings. The maximum atomic E-state index is 9.85. The van der Waals surface area contributed by atoms with Crippen LogP contribution in [0.15, 0.2) is 0 Å². The molecule has 3 heteroatoms. The fraction of sp³-hybridized carbons (Fsp3) is 0.909. The molecule has 1 heterocycles. The van der Waals surface area contributed by atoms with Gasteiger partial charge in [0.15, 0.2) is 0 Å². The molecule has 80 valence electrons. The second kappa shape index (κ2) is 5.33. The topological polar surface area (TPSA) is 47.3 Å². The first-order valence-corrected chi connectivity index (χ1v) is 5.46. The van der Waals surface area contributed by atoms with E-state index in [0.717, 1.165) is 45.3 Å². The normalized spacial score (nSPS) is 28.6. The molecule has 1 aliphatic rings. The Bertz CT molecular complexity index is 208. The Morgan fingerprint density at radius 1 is 1.50 bits per heavy atom. The number of likely N-dealkylation sites (tertiary alicyclic amines) is 1. The van der Waals surface area contributed by atoms with Gasteiger partial charge in [-0.2, -0.15) is 5.26 Å². The first-order valence-electron chi connectivity index (χ1n) is 5.46. The first-order chi connectivity index (χ1) is 6.64. The summed E-state index contributed by atoms with van der Waals surface area (Å²) in [6, 6.07) is 2.15. The van der Waals surface area contributed by atoms with Gasteiger partial charge >= 0.3 is 0 Å². The summed E-state index contributed by atoms with van der Waals surface area (Å²) < 4.78 is 0. The van der Waals surface area contributed by atoms with E-state index in [4.69, 9.17) is 5.26 Å². The van der Waals surface area contributed by atoms with E-state index < -0.39 is 5.60 Å². The third kappa shape index (κ3) is 4.08. The lowest BCUT2D eigenvalue weighted by Crippen LogP contribution is -2.46. The number of nitriles is 1. The fourth-order valence-corrected chi connectivity index (χ4v) is 2.05. The average Bonchev–Trinajstić information content (AvgIpc) is 2.11. The molecule has 0 saturated carbocycles. The molecule has 1 atom stereocenters. The Hall–Kier alpha value is -0.590. The Morgan fingerprint density at radius 2 is 2.29 bits per heavy atom. The summed E-state index contributed by atoms with van der Waals surface area (Å²) in [5, 5.41) is 18.2. The van der Waals surface area contributed by atoms with Gasteiger partial charge in [0.25, 0.3) is 0 Å². The maximum absolute atomic E-state index is 9.85. The highest BCUT2D eigenvalue weighted by molar-refractivity contribution is 4.82. The summed E-state index contributed by atoms with van der Waals surface area (Å²) >= 11 is 0. The monoisotopic (exact) mass is 196 g/mol. The van der Waals surface area contributed by atoms with Crippen molar-refractivity contribution in [1.29, 1.82) is 5.26 Å². The largest absolute Gasteiger partial charge is 0.389 e. The molecule has 14 heavy (non-hydrogen) atoms. The third-order valence-corrected chi connectivity index (χ3v) is 2.77. The van der Waals surface area contributed by atoms with E-state index in [1.807, 2.05) is 6.92 Å². The van der Waals surface area contributed by atoms with Crippen molar-refractivity contribution in [2.75, 3.05) is 19.6 Å². The zero-order valence-corrected chi connectivity index (χ0v) is 9.00. The Kier molecular flexibility index (Phi) is 4.37. The van der Waals surface area contributed by atoms with Crippen LogP contribution in [0.25, 0.3) is 0 Å². The number of hydrogen-bond acceptors (Lipinski definition) is 3. The molecule has 0 bridgehead atoms. The predicted molar refractivity (Wildman–Crippen MR) is 55.8 cm³/mol. The van der Waals surface area contributed by atoms with Crippen LogP contribution in [0, 0.1) is 11.3 Å². The smallest absolute Gasteiger partial charge is 0.0746 e. The van der Waals surface area contributed by atoms with Gasteiger partial charge < -0.3 is 10.0 Å². The van der Waals surface area contributed by atoms with Crippen molar-refractivity contribution in [3.8, 4) is 6.07 Å². The van der Waals surface area contributed by atoms with E-state index in [1.165, 1.54) is 0 Å². The minimum atomic E-state index is -0.493. The maximum Gasteiger partial charge on any atom is 0.0746 e. The Labute approximate surface area is 86.3 Å². The lowest BCUT2D eigenvalue weighted by molar-refractivity contribution is -0.0157. The molecule has 0 aliphatic carbocycles. The van der Waals surface area contributed by atoms with E-state index >= 15 is 0 Å². The van der Waals surface area contributed by atoms with Gasteiger partial charge in [0.1, 0.15) is 0 Å². The summed E-state index contributed by atoms with van der Waals surface area (Å²) in [4.78, 5) is 2.31. The van der Waals surface area contributed by atoms with Crippen LogP contribution >= 0.6 is 0 Å². The van der Waals surface area contributed by atoms with Gasteiger partial charge in [-0.25, -0.2) is 0 Å². The molecule has 1 rings (SSSR count). The number of hydrogen-bond donors (Lipinski definition) is 1. The molecule has 1 unspecified atom stereocenters. The van der Waals surface area contributed by atoms with Crippen LogP contribution in [-0.4, -0.2) is 35.2 Å². The zero-order valence-electron chi connectivity index (χ0n) is 9.00. The first kappa shape index (κ1) is 11.5. The van der Waals surface area contributed by atoms with Crippen LogP contribution in [0.1, 0.15) is 39.0 Å². The van der Waals surface area contributed by atoms with Gasteiger partial charge in [-0.05, 0) is 45.7 Å². The van der Waals surface area contributed by atoms with E-state index in [-0.39, 0.29) is 0 Å². The van der Waals surface area contributed by atoms with Gasteiger partial charge in [-0.15, -0.1) is 0 Å². The minimum absolute atomic E-state index is 0.493. The van der Waals surface area contributed by atoms with Gasteiger partial charge in [0.2, 0.25) is 0 Å². The molecular weight excluding hydrogens is 176 g/mol. The van der Waals surface area contributed by atoms with Crippen molar-refractivity contribution < 1.29 is 5.11 Å². The van der Waals surface area contributed by atoms with Crippen LogP contribution in [0.2, 0.25) is 0 Å². The Morgan fingerprint density at radius 3 is 2.93 bits per heavy atom. The van der Waals surface area contributed by atoms with E-state index in [0.29, 0.717) is 6.42 Å². The lowest BCUT2D eigenvalue weighted by Gasteiger charge is -2.36. The summed E-state index contributed by atoms with van der Waals surface area (Å²) in [6.45, 7) is 4.83. The van der Waals surface area contributed by atoms with Crippen LogP contribution in [-0.2, 0) is 0 Å². The average molecular weight is 196 g/mol. The van der Waals surface area contributed by atoms with Crippen LogP contribution in [0.5, 0.6) is 0 Å². The van der Waals surface area contributed by atoms with Gasteiger partial charge in [-0.1, -0.05) is 0 Å². The minimum Gasteiger partial charge on any atom is -0.389 e. The van der Waals surface area contributed by atoms with E-state index in [2.05, 4.69) is 11.0 Å². The molecule has 0 aromatic carbocycles. The van der Waals surface area contributed by atoms with Crippen LogP contribution in [0.3, 0.4) is 0 Å². The number of piperidine rings is 1. The fourth-order valence-electron chi connectivity index (χ4n) is 2.05. The standard InChI is InChI=1S/C11H20N2O/c1-11(14)6-5-9-13(10-11)8-4-2-3-7-12/h14H,2-6,8-10H2,1H3. The number of rotatable bonds is 4. The molecule has 0 spiro atoms. The van der Waals surface area contributed by atoms with E-state index in [9.17, 15) is 5.11 Å². The number of unbranched alkanes of at least 4 members (excludes halogenated alkanes) is 2. The van der Waals surface area contributed by atoms with Crippen molar-refractivity contribution in [2.24, 2.45) is 0 Å². The summed E-state index contributed by atoms with van der Waals surface area (Å²) in [5.41, 5.74) is -0.493. The zero-order chi connectivity index (χ0) is 10.4. The highest BCUT2D eigenvalue weighted by Crippen LogP contribution is 2.20. The molecule has 1 fully saturated rings. The highest BCUT2D eigenvalue weighted by Gasteiger charge is 2.27. The quantitative estimate of drug-likeness (QED) is 0.694. The molecule has 1 aliphatic heterocycles. The van der Waals surface area contributed by atoms with Gasteiger partial charge in [-0.3, -0.25) is 0 Å².